The van der Waals surface area contributed by atoms with Gasteiger partial charge in [0.25, 0.3) is 11.8 Å². The fourth-order valence-electron chi connectivity index (χ4n) is 2.89. The fraction of sp³-hybridized carbons (Fsp3) is 0.211. The van der Waals surface area contributed by atoms with E-state index in [-0.39, 0.29) is 25.4 Å². The van der Waals surface area contributed by atoms with E-state index in [0.717, 1.165) is 10.5 Å². The molecule has 1 unspecified atom stereocenters. The maximum atomic E-state index is 12.7. The minimum Gasteiger partial charge on any atom is -1.00 e. The summed E-state index contributed by atoms with van der Waals surface area (Å²) in [6.45, 7) is 1.85. The number of hydrogen-bond acceptors (Lipinski definition) is 5. The number of rotatable bonds is 5. The third kappa shape index (κ3) is 3.55. The number of benzene rings is 2. The van der Waals surface area contributed by atoms with Gasteiger partial charge in [-0.15, -0.1) is 0 Å². The van der Waals surface area contributed by atoms with Crippen molar-refractivity contribution in [3.63, 3.8) is 0 Å². The zero-order valence-electron chi connectivity index (χ0n) is 14.1. The average molecular weight is 374 g/mol. The van der Waals surface area contributed by atoms with Crippen molar-refractivity contribution >= 4 is 23.5 Å². The Balaban J connectivity index is 0.00000243. The lowest BCUT2D eigenvalue weighted by atomic mass is 10.0. The van der Waals surface area contributed by atoms with Gasteiger partial charge in [-0.1, -0.05) is 24.3 Å². The average Bonchev–Trinajstić information content (AvgIpc) is 2.86. The molecule has 0 bridgehead atoms. The van der Waals surface area contributed by atoms with Crippen molar-refractivity contribution in [2.45, 2.75) is 19.4 Å². The molecule has 1 aliphatic heterocycles. The lowest BCUT2D eigenvalue weighted by Crippen LogP contribution is -3.00. The second-order valence-electron chi connectivity index (χ2n) is 5.74. The lowest BCUT2D eigenvalue weighted by Gasteiger charge is -2.24. The number of carbonyl (C=O) groups is 3. The van der Waals surface area contributed by atoms with Crippen LogP contribution in [0.5, 0.6) is 0 Å². The number of halogens is 1. The first kappa shape index (κ1) is 19.5. The van der Waals surface area contributed by atoms with Crippen LogP contribution in [0.2, 0.25) is 0 Å². The Labute approximate surface area is 157 Å². The van der Waals surface area contributed by atoms with E-state index < -0.39 is 23.8 Å². The third-order valence-corrected chi connectivity index (χ3v) is 4.10. The number of anilines is 1. The summed E-state index contributed by atoms with van der Waals surface area (Å²) < 4.78 is 5.10. The number of nitrogens with two attached hydrogens (primary N) is 1. The van der Waals surface area contributed by atoms with Crippen LogP contribution in [0.25, 0.3) is 0 Å². The number of carbonyl (C=O) groups excluding carboxylic acids is 3. The number of esters is 1. The highest BCUT2D eigenvalue weighted by Gasteiger charge is 2.43. The highest BCUT2D eigenvalue weighted by atomic mass is 35.5. The van der Waals surface area contributed by atoms with Crippen LogP contribution in [0.15, 0.2) is 48.5 Å². The molecule has 3 rings (SSSR count). The molecule has 2 aromatic rings. The first-order valence-corrected chi connectivity index (χ1v) is 8.01. The zero-order chi connectivity index (χ0) is 18.0. The smallest absolute Gasteiger partial charge is 0.329 e. The van der Waals surface area contributed by atoms with Crippen molar-refractivity contribution < 1.29 is 31.5 Å². The van der Waals surface area contributed by atoms with Gasteiger partial charge in [0, 0.05) is 12.1 Å². The molecule has 6 nitrogen and oxygen atoms in total. The molecule has 0 radical (unpaired) electrons. The minimum atomic E-state index is -1.02. The summed E-state index contributed by atoms with van der Waals surface area (Å²) in [4.78, 5) is 38.8. The van der Waals surface area contributed by atoms with E-state index >= 15 is 0 Å². The number of amides is 2. The van der Waals surface area contributed by atoms with Crippen molar-refractivity contribution in [2.75, 3.05) is 12.3 Å². The van der Waals surface area contributed by atoms with E-state index in [1.165, 1.54) is 0 Å². The Morgan fingerprint density at radius 1 is 1.04 bits per heavy atom. The molecule has 2 N–H and O–H groups in total. The quantitative estimate of drug-likeness (QED) is 0.414. The predicted molar refractivity (Wildman–Crippen MR) is 91.9 cm³/mol. The summed E-state index contributed by atoms with van der Waals surface area (Å²) in [6.07, 6.45) is 0.171. The molecule has 7 heteroatoms. The number of nitrogen functional groups attached to an aromatic ring is 1. The van der Waals surface area contributed by atoms with Crippen LogP contribution >= 0.6 is 0 Å². The fourth-order valence-corrected chi connectivity index (χ4v) is 2.89. The van der Waals surface area contributed by atoms with E-state index in [2.05, 4.69) is 0 Å². The van der Waals surface area contributed by atoms with Crippen molar-refractivity contribution in [3.05, 3.63) is 65.2 Å². The van der Waals surface area contributed by atoms with Crippen molar-refractivity contribution in [1.82, 2.24) is 4.90 Å². The Bertz CT molecular complexity index is 801. The molecule has 1 heterocycles. The van der Waals surface area contributed by atoms with Crippen LogP contribution < -0.4 is 18.1 Å². The molecule has 26 heavy (non-hydrogen) atoms. The molecular weight excluding hydrogens is 356 g/mol. The highest BCUT2D eigenvalue weighted by Crippen LogP contribution is 2.26. The summed E-state index contributed by atoms with van der Waals surface area (Å²) in [7, 11) is 0. The summed E-state index contributed by atoms with van der Waals surface area (Å²) in [5, 5.41) is 0. The first-order valence-electron chi connectivity index (χ1n) is 8.01. The van der Waals surface area contributed by atoms with Crippen LogP contribution in [0.1, 0.15) is 33.2 Å². The molecule has 0 saturated heterocycles. The Hall–Kier alpha value is -2.86. The molecule has 136 valence electrons. The van der Waals surface area contributed by atoms with E-state index in [4.69, 9.17) is 10.5 Å². The molecule has 0 aromatic heterocycles. The summed E-state index contributed by atoms with van der Waals surface area (Å²) in [5.74, 6) is -1.56. The van der Waals surface area contributed by atoms with Crippen LogP contribution in [-0.4, -0.2) is 35.3 Å². The number of fused-ring (bicyclic) bond motifs is 1. The molecule has 2 amide bonds. The Morgan fingerprint density at radius 2 is 1.58 bits per heavy atom. The molecule has 2 aromatic carbocycles. The minimum absolute atomic E-state index is 0. The number of imide groups is 1. The monoisotopic (exact) mass is 373 g/mol. The van der Waals surface area contributed by atoms with Gasteiger partial charge in [-0.05, 0) is 36.8 Å². The van der Waals surface area contributed by atoms with E-state index in [9.17, 15) is 14.4 Å². The molecule has 0 aliphatic carbocycles. The van der Waals surface area contributed by atoms with Crippen LogP contribution in [-0.2, 0) is 16.0 Å². The largest absolute Gasteiger partial charge is 1.00 e. The van der Waals surface area contributed by atoms with Crippen molar-refractivity contribution in [1.29, 1.82) is 0 Å². The van der Waals surface area contributed by atoms with Gasteiger partial charge in [0.15, 0.2) is 0 Å². The van der Waals surface area contributed by atoms with Gasteiger partial charge >= 0.3 is 5.97 Å². The van der Waals surface area contributed by atoms with Crippen molar-refractivity contribution in [3.8, 4) is 0 Å². The summed E-state index contributed by atoms with van der Waals surface area (Å²) >= 11 is 0. The standard InChI is InChI=1S/C19H18N2O4.ClH/c1-2-25-19(24)16(11-12-7-9-13(20)10-8-12)21-17(22)14-5-3-4-6-15(14)18(21)23;/h3-10,16H,2,11,20H2,1H3;1H/p-1. The van der Waals surface area contributed by atoms with Gasteiger partial charge in [0.05, 0.1) is 17.7 Å². The van der Waals surface area contributed by atoms with Gasteiger partial charge in [0.2, 0.25) is 0 Å². The Morgan fingerprint density at radius 3 is 2.08 bits per heavy atom. The van der Waals surface area contributed by atoms with Gasteiger partial charge in [-0.3, -0.25) is 14.5 Å². The predicted octanol–water partition coefficient (Wildman–Crippen LogP) is -0.957. The lowest BCUT2D eigenvalue weighted by molar-refractivity contribution is -0.147. The third-order valence-electron chi connectivity index (χ3n) is 4.10. The topological polar surface area (TPSA) is 89.7 Å². The first-order chi connectivity index (χ1) is 12.0. The molecular formula is C19H18ClN2O4-. The van der Waals surface area contributed by atoms with E-state index in [1.807, 2.05) is 0 Å². The van der Waals surface area contributed by atoms with Crippen LogP contribution in [0.4, 0.5) is 5.69 Å². The molecule has 0 saturated carbocycles. The molecule has 0 spiro atoms. The normalized spacial score (nSPS) is 13.8. The Kier molecular flexibility index (Phi) is 6.00. The maximum absolute atomic E-state index is 12.7. The maximum Gasteiger partial charge on any atom is 0.329 e. The van der Waals surface area contributed by atoms with Gasteiger partial charge < -0.3 is 22.9 Å². The van der Waals surface area contributed by atoms with E-state index in [1.54, 1.807) is 55.5 Å². The summed E-state index contributed by atoms with van der Waals surface area (Å²) in [5.41, 5.74) is 7.66. The second-order valence-corrected chi connectivity index (χ2v) is 5.74. The van der Waals surface area contributed by atoms with Gasteiger partial charge in [0.1, 0.15) is 6.04 Å². The highest BCUT2D eigenvalue weighted by molar-refractivity contribution is 6.22. The SMILES string of the molecule is CCOC(=O)C(Cc1ccc(N)cc1)N1C(=O)c2ccccc2C1=O.[Cl-]. The van der Waals surface area contributed by atoms with Crippen LogP contribution in [0.3, 0.4) is 0 Å². The van der Waals surface area contributed by atoms with Gasteiger partial charge in [-0.2, -0.15) is 0 Å². The van der Waals surface area contributed by atoms with Crippen molar-refractivity contribution in [2.24, 2.45) is 0 Å². The summed E-state index contributed by atoms with van der Waals surface area (Å²) in [6, 6.07) is 12.5. The zero-order valence-corrected chi connectivity index (χ0v) is 14.9. The number of nitrogens with zero attached hydrogens (tertiary/aromatic N) is 1. The number of ether oxygens (including phenoxy) is 1. The second kappa shape index (κ2) is 8.01. The molecule has 1 atom stereocenters. The molecule has 1 aliphatic rings. The number of hydrogen-bond donors (Lipinski definition) is 1. The van der Waals surface area contributed by atoms with Crippen LogP contribution in [0, 0.1) is 0 Å². The van der Waals surface area contributed by atoms with Gasteiger partial charge in [-0.25, -0.2) is 4.79 Å². The molecule has 0 fully saturated rings. The van der Waals surface area contributed by atoms with E-state index in [0.29, 0.717) is 16.8 Å².